The van der Waals surface area contributed by atoms with Crippen LogP contribution in [0.4, 0.5) is 0 Å². The Bertz CT molecular complexity index is 765. The van der Waals surface area contributed by atoms with E-state index in [4.69, 9.17) is 4.74 Å². The maximum atomic E-state index is 13.3. The fourth-order valence-corrected chi connectivity index (χ4v) is 5.03. The number of nitrogens with zero attached hydrogens (tertiary/aromatic N) is 3. The molecule has 2 heterocycles. The number of morpholine rings is 1. The zero-order chi connectivity index (χ0) is 18.7. The molecule has 0 aliphatic carbocycles. The van der Waals surface area contributed by atoms with Crippen molar-refractivity contribution < 1.29 is 13.2 Å². The van der Waals surface area contributed by atoms with Crippen LogP contribution >= 0.6 is 0 Å². The monoisotopic (exact) mass is 375 g/mol. The lowest BCUT2D eigenvalue weighted by Gasteiger charge is -2.38. The standard InChI is InChI=1S/C19H25N3O3S/c1-15-13-22(14-16(2)25-15)26(23,24)21(3)19(17-9-5-4-6-10-17)18-11-7-8-12-20-18/h4-12,15-16,19H,13-14H2,1-3H3/t15-,16+,19-/m0/s1. The number of ether oxygens (including phenoxy) is 1. The summed E-state index contributed by atoms with van der Waals surface area (Å²) in [5.74, 6) is 0. The van der Waals surface area contributed by atoms with Crippen LogP contribution in [0.25, 0.3) is 0 Å². The van der Waals surface area contributed by atoms with Crippen molar-refractivity contribution >= 4 is 10.2 Å². The molecule has 1 saturated heterocycles. The van der Waals surface area contributed by atoms with E-state index in [0.29, 0.717) is 18.8 Å². The van der Waals surface area contributed by atoms with Crippen LogP contribution in [0.3, 0.4) is 0 Å². The average molecular weight is 375 g/mol. The van der Waals surface area contributed by atoms with Gasteiger partial charge in [0.05, 0.1) is 23.9 Å². The lowest BCUT2D eigenvalue weighted by molar-refractivity contribution is -0.0454. The minimum atomic E-state index is -3.68. The van der Waals surface area contributed by atoms with E-state index in [1.165, 1.54) is 8.61 Å². The summed E-state index contributed by atoms with van der Waals surface area (Å²) in [7, 11) is -2.06. The van der Waals surface area contributed by atoms with Crippen LogP contribution in [0.5, 0.6) is 0 Å². The van der Waals surface area contributed by atoms with E-state index in [1.807, 2.05) is 62.4 Å². The van der Waals surface area contributed by atoms with Crippen molar-refractivity contribution in [2.24, 2.45) is 0 Å². The summed E-state index contributed by atoms with van der Waals surface area (Å²) >= 11 is 0. The average Bonchev–Trinajstić information content (AvgIpc) is 2.63. The van der Waals surface area contributed by atoms with E-state index in [1.54, 1.807) is 13.2 Å². The van der Waals surface area contributed by atoms with E-state index in [2.05, 4.69) is 4.98 Å². The topological polar surface area (TPSA) is 62.7 Å². The normalized spacial score (nSPS) is 23.1. The van der Waals surface area contributed by atoms with E-state index >= 15 is 0 Å². The maximum absolute atomic E-state index is 13.3. The number of rotatable bonds is 5. The zero-order valence-corrected chi connectivity index (χ0v) is 16.1. The van der Waals surface area contributed by atoms with Crippen molar-refractivity contribution in [1.29, 1.82) is 0 Å². The summed E-state index contributed by atoms with van der Waals surface area (Å²) in [6, 6.07) is 14.6. The van der Waals surface area contributed by atoms with Gasteiger partial charge in [-0.3, -0.25) is 4.98 Å². The lowest BCUT2D eigenvalue weighted by atomic mass is 10.0. The third-order valence-corrected chi connectivity index (χ3v) is 6.41. The molecule has 3 atom stereocenters. The van der Waals surface area contributed by atoms with Crippen LogP contribution < -0.4 is 0 Å². The van der Waals surface area contributed by atoms with E-state index in [-0.39, 0.29) is 12.2 Å². The number of benzene rings is 1. The first-order valence-electron chi connectivity index (χ1n) is 8.74. The Morgan fingerprint density at radius 1 is 1.08 bits per heavy atom. The van der Waals surface area contributed by atoms with Gasteiger partial charge < -0.3 is 4.74 Å². The summed E-state index contributed by atoms with van der Waals surface area (Å²) in [5, 5.41) is 0. The SMILES string of the molecule is C[C@@H]1CN(S(=O)(=O)N(C)[C@@H](c2ccccc2)c2ccccn2)C[C@H](C)O1. The molecule has 1 aliphatic heterocycles. The molecule has 0 bridgehead atoms. The van der Waals surface area contributed by atoms with Gasteiger partial charge >= 0.3 is 0 Å². The fourth-order valence-electron chi connectivity index (χ4n) is 3.37. The van der Waals surface area contributed by atoms with Crippen LogP contribution in [0.1, 0.15) is 31.1 Å². The van der Waals surface area contributed by atoms with Crippen LogP contribution in [0.15, 0.2) is 54.7 Å². The van der Waals surface area contributed by atoms with Crippen molar-refractivity contribution in [3.05, 3.63) is 66.0 Å². The molecule has 0 unspecified atom stereocenters. The van der Waals surface area contributed by atoms with Crippen molar-refractivity contribution in [3.63, 3.8) is 0 Å². The highest BCUT2D eigenvalue weighted by Gasteiger charge is 2.38. The smallest absolute Gasteiger partial charge is 0.282 e. The lowest BCUT2D eigenvalue weighted by Crippen LogP contribution is -2.52. The molecule has 7 heteroatoms. The van der Waals surface area contributed by atoms with Crippen LogP contribution in [0.2, 0.25) is 0 Å². The van der Waals surface area contributed by atoms with E-state index in [0.717, 1.165) is 5.56 Å². The van der Waals surface area contributed by atoms with Crippen molar-refractivity contribution in [2.45, 2.75) is 32.1 Å². The van der Waals surface area contributed by atoms with Gasteiger partial charge in [-0.15, -0.1) is 0 Å². The van der Waals surface area contributed by atoms with Gasteiger partial charge in [0.15, 0.2) is 0 Å². The highest BCUT2D eigenvalue weighted by molar-refractivity contribution is 7.86. The van der Waals surface area contributed by atoms with Crippen molar-refractivity contribution in [3.8, 4) is 0 Å². The summed E-state index contributed by atoms with van der Waals surface area (Å²) in [4.78, 5) is 4.42. The van der Waals surface area contributed by atoms with Crippen molar-refractivity contribution in [1.82, 2.24) is 13.6 Å². The summed E-state index contributed by atoms with van der Waals surface area (Å²) in [6.45, 7) is 4.48. The summed E-state index contributed by atoms with van der Waals surface area (Å²) < 4.78 is 35.3. The van der Waals surface area contributed by atoms with Gasteiger partial charge in [0.2, 0.25) is 0 Å². The quantitative estimate of drug-likeness (QED) is 0.805. The molecule has 3 rings (SSSR count). The molecule has 0 spiro atoms. The zero-order valence-electron chi connectivity index (χ0n) is 15.3. The van der Waals surface area contributed by atoms with Gasteiger partial charge in [-0.2, -0.15) is 17.0 Å². The molecule has 2 aromatic rings. The predicted octanol–water partition coefficient (Wildman–Crippen LogP) is 2.46. The molecule has 6 nitrogen and oxygen atoms in total. The Labute approximate surface area is 155 Å². The second-order valence-electron chi connectivity index (χ2n) is 6.67. The second kappa shape index (κ2) is 7.84. The maximum Gasteiger partial charge on any atom is 0.282 e. The van der Waals surface area contributed by atoms with Gasteiger partial charge in [-0.05, 0) is 31.5 Å². The highest BCUT2D eigenvalue weighted by Crippen LogP contribution is 2.30. The molecule has 0 N–H and O–H groups in total. The molecular formula is C19H25N3O3S. The molecule has 0 radical (unpaired) electrons. The molecular weight excluding hydrogens is 350 g/mol. The predicted molar refractivity (Wildman–Crippen MR) is 101 cm³/mol. The molecule has 1 aliphatic rings. The first kappa shape index (κ1) is 19.0. The third kappa shape index (κ3) is 3.96. The highest BCUT2D eigenvalue weighted by atomic mass is 32.2. The summed E-state index contributed by atoms with van der Waals surface area (Å²) in [5.41, 5.74) is 1.57. The molecule has 26 heavy (non-hydrogen) atoms. The molecule has 140 valence electrons. The Morgan fingerprint density at radius 3 is 2.27 bits per heavy atom. The fraction of sp³-hybridized carbons (Fsp3) is 0.421. The Morgan fingerprint density at radius 2 is 1.69 bits per heavy atom. The minimum absolute atomic E-state index is 0.132. The second-order valence-corrected chi connectivity index (χ2v) is 8.65. The Kier molecular flexibility index (Phi) is 5.72. The van der Waals surface area contributed by atoms with Crippen LogP contribution in [-0.4, -0.2) is 54.4 Å². The largest absolute Gasteiger partial charge is 0.373 e. The number of aromatic nitrogens is 1. The van der Waals surface area contributed by atoms with Gasteiger partial charge in [-0.25, -0.2) is 0 Å². The number of hydrogen-bond donors (Lipinski definition) is 0. The van der Waals surface area contributed by atoms with Crippen LogP contribution in [-0.2, 0) is 14.9 Å². The first-order chi connectivity index (χ1) is 12.4. The summed E-state index contributed by atoms with van der Waals surface area (Å²) in [6.07, 6.45) is 1.42. The van der Waals surface area contributed by atoms with E-state index < -0.39 is 16.3 Å². The molecule has 1 fully saturated rings. The van der Waals surface area contributed by atoms with Crippen molar-refractivity contribution in [2.75, 3.05) is 20.1 Å². The van der Waals surface area contributed by atoms with Gasteiger partial charge in [0.1, 0.15) is 0 Å². The van der Waals surface area contributed by atoms with Gasteiger partial charge in [0.25, 0.3) is 10.2 Å². The Hall–Kier alpha value is -1.80. The molecule has 1 aromatic carbocycles. The molecule has 1 aromatic heterocycles. The third-order valence-electron chi connectivity index (χ3n) is 4.52. The number of pyridine rings is 1. The van der Waals surface area contributed by atoms with Gasteiger partial charge in [0, 0.05) is 26.3 Å². The number of hydrogen-bond acceptors (Lipinski definition) is 4. The van der Waals surface area contributed by atoms with Crippen LogP contribution in [0, 0.1) is 0 Å². The minimum Gasteiger partial charge on any atom is -0.373 e. The Balaban J connectivity index is 1.98. The molecule has 0 saturated carbocycles. The van der Waals surface area contributed by atoms with Gasteiger partial charge in [-0.1, -0.05) is 36.4 Å². The van der Waals surface area contributed by atoms with E-state index in [9.17, 15) is 8.42 Å². The molecule has 0 amide bonds. The first-order valence-corrected chi connectivity index (χ1v) is 10.1.